The lowest BCUT2D eigenvalue weighted by atomic mass is 10.1. The Labute approximate surface area is 128 Å². The van der Waals surface area contributed by atoms with Gasteiger partial charge in [-0.3, -0.25) is 4.79 Å². The predicted octanol–water partition coefficient (Wildman–Crippen LogP) is 1.60. The van der Waals surface area contributed by atoms with E-state index in [0.717, 1.165) is 24.7 Å². The third-order valence-electron chi connectivity index (χ3n) is 3.79. The summed E-state index contributed by atoms with van der Waals surface area (Å²) in [5.41, 5.74) is -0.352. The normalized spacial score (nSPS) is 19.0. The molecule has 120 valence electrons. The van der Waals surface area contributed by atoms with Crippen LogP contribution in [-0.2, 0) is 23.1 Å². The summed E-state index contributed by atoms with van der Waals surface area (Å²) in [5.74, 6) is 2.70. The number of rotatable bonds is 4. The SMILES string of the molecule is CC(C)(C)n1nc(C2CCOC2)nc1CCc1cc(=O)[nH]o1. The third kappa shape index (κ3) is 3.14. The van der Waals surface area contributed by atoms with Gasteiger partial charge in [0.05, 0.1) is 12.1 Å². The van der Waals surface area contributed by atoms with Crippen LogP contribution in [0.4, 0.5) is 0 Å². The average molecular weight is 306 g/mol. The van der Waals surface area contributed by atoms with E-state index in [1.165, 1.54) is 6.07 Å². The van der Waals surface area contributed by atoms with Gasteiger partial charge >= 0.3 is 0 Å². The molecule has 1 atom stereocenters. The highest BCUT2D eigenvalue weighted by Crippen LogP contribution is 2.25. The van der Waals surface area contributed by atoms with E-state index >= 15 is 0 Å². The standard InChI is InChI=1S/C15H22N4O3/c1-15(2,3)19-12(5-4-11-8-13(20)18-22-11)16-14(17-19)10-6-7-21-9-10/h8,10H,4-7,9H2,1-3H3,(H,18,20). The van der Waals surface area contributed by atoms with Crippen LogP contribution in [0.2, 0.25) is 0 Å². The van der Waals surface area contributed by atoms with E-state index in [4.69, 9.17) is 19.3 Å². The smallest absolute Gasteiger partial charge is 0.280 e. The lowest BCUT2D eigenvalue weighted by Gasteiger charge is -2.21. The lowest BCUT2D eigenvalue weighted by Crippen LogP contribution is -2.26. The van der Waals surface area contributed by atoms with Gasteiger partial charge in [-0.1, -0.05) is 0 Å². The summed E-state index contributed by atoms with van der Waals surface area (Å²) in [7, 11) is 0. The fourth-order valence-corrected chi connectivity index (χ4v) is 2.65. The van der Waals surface area contributed by atoms with Crippen molar-refractivity contribution < 1.29 is 9.26 Å². The lowest BCUT2D eigenvalue weighted by molar-refractivity contribution is 0.193. The molecule has 0 spiro atoms. The highest BCUT2D eigenvalue weighted by molar-refractivity contribution is 5.05. The Morgan fingerprint density at radius 3 is 2.82 bits per heavy atom. The summed E-state index contributed by atoms with van der Waals surface area (Å²) >= 11 is 0. The third-order valence-corrected chi connectivity index (χ3v) is 3.79. The van der Waals surface area contributed by atoms with Crippen molar-refractivity contribution in [2.45, 2.75) is 51.5 Å². The van der Waals surface area contributed by atoms with Crippen LogP contribution in [0.5, 0.6) is 0 Å². The number of hydrogen-bond acceptors (Lipinski definition) is 5. The fraction of sp³-hybridized carbons (Fsp3) is 0.667. The van der Waals surface area contributed by atoms with Crippen molar-refractivity contribution in [3.63, 3.8) is 0 Å². The molecule has 22 heavy (non-hydrogen) atoms. The van der Waals surface area contributed by atoms with Crippen molar-refractivity contribution in [2.24, 2.45) is 0 Å². The van der Waals surface area contributed by atoms with E-state index in [1.807, 2.05) is 4.68 Å². The Morgan fingerprint density at radius 1 is 1.41 bits per heavy atom. The Hall–Kier alpha value is -1.89. The van der Waals surface area contributed by atoms with Crippen molar-refractivity contribution in [1.82, 2.24) is 19.9 Å². The van der Waals surface area contributed by atoms with Gasteiger partial charge in [-0.15, -0.1) is 0 Å². The Kier molecular flexibility index (Phi) is 3.90. The minimum Gasteiger partial charge on any atom is -0.384 e. The average Bonchev–Trinajstić information content (AvgIpc) is 3.15. The molecule has 1 unspecified atom stereocenters. The molecule has 0 amide bonds. The van der Waals surface area contributed by atoms with Crippen LogP contribution in [0.1, 0.15) is 50.5 Å². The molecule has 1 saturated heterocycles. The Balaban J connectivity index is 1.82. The van der Waals surface area contributed by atoms with Crippen LogP contribution in [0.25, 0.3) is 0 Å². The predicted molar refractivity (Wildman–Crippen MR) is 79.9 cm³/mol. The van der Waals surface area contributed by atoms with Crippen LogP contribution >= 0.6 is 0 Å². The van der Waals surface area contributed by atoms with Gasteiger partial charge < -0.3 is 9.26 Å². The zero-order chi connectivity index (χ0) is 15.7. The fourth-order valence-electron chi connectivity index (χ4n) is 2.65. The maximum atomic E-state index is 11.1. The highest BCUT2D eigenvalue weighted by atomic mass is 16.5. The number of aryl methyl sites for hydroxylation is 2. The summed E-state index contributed by atoms with van der Waals surface area (Å²) in [5, 5.41) is 7.02. The summed E-state index contributed by atoms with van der Waals surface area (Å²) in [4.78, 5) is 15.8. The van der Waals surface area contributed by atoms with Gasteiger partial charge in [-0.05, 0) is 27.2 Å². The van der Waals surface area contributed by atoms with Gasteiger partial charge in [-0.25, -0.2) is 9.67 Å². The molecular formula is C15H22N4O3. The molecule has 0 aliphatic carbocycles. The van der Waals surface area contributed by atoms with E-state index in [-0.39, 0.29) is 17.0 Å². The van der Waals surface area contributed by atoms with Gasteiger partial charge in [0.25, 0.3) is 5.56 Å². The monoisotopic (exact) mass is 306 g/mol. The van der Waals surface area contributed by atoms with Crippen LogP contribution < -0.4 is 5.56 Å². The number of nitrogens with zero attached hydrogens (tertiary/aromatic N) is 3. The quantitative estimate of drug-likeness (QED) is 0.927. The molecule has 7 heteroatoms. The zero-order valence-electron chi connectivity index (χ0n) is 13.3. The van der Waals surface area contributed by atoms with Crippen LogP contribution in [0.3, 0.4) is 0 Å². The van der Waals surface area contributed by atoms with Crippen molar-refractivity contribution in [2.75, 3.05) is 13.2 Å². The molecule has 0 aromatic carbocycles. The van der Waals surface area contributed by atoms with Gasteiger partial charge in [0.15, 0.2) is 5.82 Å². The number of aromatic nitrogens is 4. The maximum Gasteiger partial charge on any atom is 0.280 e. The number of aromatic amines is 1. The summed E-state index contributed by atoms with van der Waals surface area (Å²) in [6, 6.07) is 1.48. The van der Waals surface area contributed by atoms with Gasteiger partial charge in [-0.2, -0.15) is 10.3 Å². The van der Waals surface area contributed by atoms with E-state index < -0.39 is 0 Å². The first kappa shape index (κ1) is 15.0. The Bertz CT molecular complexity index is 686. The molecule has 1 fully saturated rings. The zero-order valence-corrected chi connectivity index (χ0v) is 13.3. The molecule has 0 saturated carbocycles. The largest absolute Gasteiger partial charge is 0.384 e. The first-order chi connectivity index (χ1) is 10.4. The molecule has 1 N–H and O–H groups in total. The molecule has 3 heterocycles. The van der Waals surface area contributed by atoms with Crippen molar-refractivity contribution in [3.05, 3.63) is 33.8 Å². The van der Waals surface area contributed by atoms with E-state index in [0.29, 0.717) is 25.2 Å². The van der Waals surface area contributed by atoms with Crippen molar-refractivity contribution in [1.29, 1.82) is 0 Å². The molecule has 1 aliphatic rings. The van der Waals surface area contributed by atoms with Crippen LogP contribution in [0.15, 0.2) is 15.4 Å². The molecule has 0 radical (unpaired) electrons. The molecular weight excluding hydrogens is 284 g/mol. The second-order valence-corrected chi connectivity index (χ2v) is 6.71. The summed E-state index contributed by atoms with van der Waals surface area (Å²) in [6.07, 6.45) is 2.27. The van der Waals surface area contributed by atoms with E-state index in [2.05, 4.69) is 25.9 Å². The molecule has 2 aromatic rings. The minimum atomic E-state index is -0.212. The second-order valence-electron chi connectivity index (χ2n) is 6.71. The Morgan fingerprint density at radius 2 is 2.23 bits per heavy atom. The maximum absolute atomic E-state index is 11.1. The van der Waals surface area contributed by atoms with Gasteiger partial charge in [0.2, 0.25) is 0 Å². The summed E-state index contributed by atoms with van der Waals surface area (Å²) in [6.45, 7) is 7.79. The number of H-pyrrole nitrogens is 1. The van der Waals surface area contributed by atoms with Crippen molar-refractivity contribution >= 4 is 0 Å². The minimum absolute atomic E-state index is 0.140. The summed E-state index contributed by atoms with van der Waals surface area (Å²) < 4.78 is 12.5. The topological polar surface area (TPSA) is 85.9 Å². The molecule has 7 nitrogen and oxygen atoms in total. The molecule has 1 aliphatic heterocycles. The number of hydrogen-bond donors (Lipinski definition) is 1. The second kappa shape index (κ2) is 5.72. The number of nitrogens with one attached hydrogen (secondary N) is 1. The molecule has 0 bridgehead atoms. The van der Waals surface area contributed by atoms with Crippen molar-refractivity contribution in [3.8, 4) is 0 Å². The van der Waals surface area contributed by atoms with Gasteiger partial charge in [0.1, 0.15) is 11.6 Å². The van der Waals surface area contributed by atoms with Crippen LogP contribution in [-0.4, -0.2) is 33.1 Å². The molecule has 2 aromatic heterocycles. The van der Waals surface area contributed by atoms with E-state index in [9.17, 15) is 4.79 Å². The first-order valence-electron chi connectivity index (χ1n) is 7.65. The molecule has 3 rings (SSSR count). The van der Waals surface area contributed by atoms with Gasteiger partial charge in [0, 0.05) is 31.4 Å². The number of ether oxygens (including phenoxy) is 1. The highest BCUT2D eigenvalue weighted by Gasteiger charge is 2.27. The van der Waals surface area contributed by atoms with E-state index in [1.54, 1.807) is 0 Å². The van der Waals surface area contributed by atoms with Crippen LogP contribution in [0, 0.1) is 0 Å². The first-order valence-corrected chi connectivity index (χ1v) is 7.65.